The highest BCUT2D eigenvalue weighted by molar-refractivity contribution is 7.89. The Hall–Kier alpha value is -3.64. The second-order valence-electron chi connectivity index (χ2n) is 13.0. The number of carbonyl (C=O) groups is 2. The van der Waals surface area contributed by atoms with E-state index in [0.29, 0.717) is 45.8 Å². The van der Waals surface area contributed by atoms with Crippen molar-refractivity contribution in [1.82, 2.24) is 24.3 Å². The number of piperazine rings is 1. The molecule has 2 aliphatic heterocycles. The molecule has 3 fully saturated rings. The molecule has 0 radical (unpaired) electrons. The molecule has 2 aromatic carbocycles. The van der Waals surface area contributed by atoms with Crippen LogP contribution in [0.5, 0.6) is 0 Å². The summed E-state index contributed by atoms with van der Waals surface area (Å²) in [5.74, 6) is 0.225. The monoisotopic (exact) mass is 622 g/mol. The number of likely N-dealkylation sites (tertiary alicyclic amines) is 1. The molecule has 1 aromatic heterocycles. The van der Waals surface area contributed by atoms with Crippen molar-refractivity contribution < 1.29 is 22.7 Å². The van der Waals surface area contributed by atoms with Crippen LogP contribution in [0.15, 0.2) is 53.6 Å². The molecule has 3 aliphatic rings. The third kappa shape index (κ3) is 6.56. The zero-order valence-electron chi connectivity index (χ0n) is 25.7. The van der Waals surface area contributed by atoms with E-state index in [0.717, 1.165) is 41.4 Å². The van der Waals surface area contributed by atoms with Gasteiger partial charge in [-0.05, 0) is 49.8 Å². The highest BCUT2D eigenvalue weighted by Gasteiger charge is 2.41. The van der Waals surface area contributed by atoms with E-state index in [9.17, 15) is 18.0 Å². The zero-order chi connectivity index (χ0) is 31.1. The van der Waals surface area contributed by atoms with Gasteiger partial charge in [-0.2, -0.15) is 5.10 Å². The van der Waals surface area contributed by atoms with E-state index in [4.69, 9.17) is 9.84 Å². The number of fused-ring (bicyclic) bond motifs is 1. The predicted octanol–water partition coefficient (Wildman–Crippen LogP) is 3.83. The normalized spacial score (nSPS) is 20.0. The van der Waals surface area contributed by atoms with Gasteiger partial charge >= 0.3 is 6.09 Å². The minimum atomic E-state index is -3.77. The second kappa shape index (κ2) is 12.0. The summed E-state index contributed by atoms with van der Waals surface area (Å²) in [5.41, 5.74) is 2.09. The maximum Gasteiger partial charge on any atom is 0.410 e. The van der Waals surface area contributed by atoms with Gasteiger partial charge in [0.2, 0.25) is 15.9 Å². The first-order valence-electron chi connectivity index (χ1n) is 15.5. The number of amides is 2. The number of hydrogen-bond donors (Lipinski definition) is 1. The van der Waals surface area contributed by atoms with Crippen molar-refractivity contribution in [2.45, 2.75) is 63.6 Å². The number of aromatic nitrogens is 2. The highest BCUT2D eigenvalue weighted by Crippen LogP contribution is 2.38. The standard InChI is InChI=1S/C32H42N6O5S/c1-23(2)30(39)36-15-13-35(14-16-36)28-17-26(44(41,42)34-32(3)10-11-32)18-29-27(28)19-33-38(29)21-25-9-12-37(20-25)31(40)43-22-24-7-5-4-6-8-24/h4-8,17-19,23,25,34H,9-16,20-22H2,1-3H3. The lowest BCUT2D eigenvalue weighted by atomic mass is 10.1. The fourth-order valence-corrected chi connectivity index (χ4v) is 7.61. The molecule has 11 nitrogen and oxygen atoms in total. The molecule has 3 aromatic rings. The summed E-state index contributed by atoms with van der Waals surface area (Å²) in [6.45, 7) is 10.1. The molecule has 3 heterocycles. The molecule has 1 unspecified atom stereocenters. The quantitative estimate of drug-likeness (QED) is 0.386. The Morgan fingerprint density at radius 2 is 1.77 bits per heavy atom. The summed E-state index contributed by atoms with van der Waals surface area (Å²) in [7, 11) is -3.77. The van der Waals surface area contributed by atoms with E-state index in [1.807, 2.05) is 66.9 Å². The van der Waals surface area contributed by atoms with Gasteiger partial charge in [0.1, 0.15) is 6.61 Å². The number of nitrogens with one attached hydrogen (secondary N) is 1. The lowest BCUT2D eigenvalue weighted by molar-refractivity contribution is -0.134. The second-order valence-corrected chi connectivity index (χ2v) is 14.7. The first-order chi connectivity index (χ1) is 21.0. The molecule has 236 valence electrons. The third-order valence-electron chi connectivity index (χ3n) is 9.01. The van der Waals surface area contributed by atoms with Crippen molar-refractivity contribution in [1.29, 1.82) is 0 Å². The average molecular weight is 623 g/mol. The number of anilines is 1. The lowest BCUT2D eigenvalue weighted by Gasteiger charge is -2.37. The van der Waals surface area contributed by atoms with E-state index in [1.165, 1.54) is 0 Å². The van der Waals surface area contributed by atoms with Crippen molar-refractivity contribution in [3.63, 3.8) is 0 Å². The number of benzene rings is 2. The average Bonchev–Trinajstić information content (AvgIpc) is 3.37. The van der Waals surface area contributed by atoms with Crippen molar-refractivity contribution >= 4 is 38.6 Å². The lowest BCUT2D eigenvalue weighted by Crippen LogP contribution is -2.50. The summed E-state index contributed by atoms with van der Waals surface area (Å²) in [4.78, 5) is 31.3. The molecule has 6 rings (SSSR count). The van der Waals surface area contributed by atoms with Crippen LogP contribution in [0.25, 0.3) is 10.9 Å². The van der Waals surface area contributed by atoms with Crippen molar-refractivity contribution in [3.8, 4) is 0 Å². The van der Waals surface area contributed by atoms with E-state index >= 15 is 0 Å². The molecule has 1 saturated carbocycles. The molecule has 0 spiro atoms. The Balaban J connectivity index is 1.21. The van der Waals surface area contributed by atoms with Gasteiger partial charge in [-0.3, -0.25) is 9.48 Å². The number of carbonyl (C=O) groups excluding carboxylic acids is 2. The van der Waals surface area contributed by atoms with Crippen LogP contribution in [0, 0.1) is 11.8 Å². The maximum absolute atomic E-state index is 13.6. The van der Waals surface area contributed by atoms with E-state index in [2.05, 4.69) is 9.62 Å². The molecular weight excluding hydrogens is 580 g/mol. The zero-order valence-corrected chi connectivity index (χ0v) is 26.6. The Labute approximate surface area is 259 Å². The van der Waals surface area contributed by atoms with Gasteiger partial charge in [0.05, 0.1) is 16.6 Å². The van der Waals surface area contributed by atoms with Crippen LogP contribution in [0.3, 0.4) is 0 Å². The van der Waals surface area contributed by atoms with Crippen LogP contribution in [0.2, 0.25) is 0 Å². The fourth-order valence-electron chi connectivity index (χ4n) is 6.10. The third-order valence-corrected chi connectivity index (χ3v) is 10.6. The van der Waals surface area contributed by atoms with Crippen LogP contribution in [-0.2, 0) is 32.7 Å². The predicted molar refractivity (Wildman–Crippen MR) is 168 cm³/mol. The highest BCUT2D eigenvalue weighted by atomic mass is 32.2. The van der Waals surface area contributed by atoms with Gasteiger partial charge < -0.3 is 19.4 Å². The van der Waals surface area contributed by atoms with Gasteiger partial charge in [-0.1, -0.05) is 44.2 Å². The number of ether oxygens (including phenoxy) is 1. The Kier molecular flexibility index (Phi) is 8.31. The SMILES string of the molecule is CC(C)C(=O)N1CCN(c2cc(S(=O)(=O)NC3(C)CC3)cc3c2cnn3CC2CCN(C(=O)OCc3ccccc3)C2)CC1. The molecule has 2 saturated heterocycles. The Morgan fingerprint density at radius 3 is 2.45 bits per heavy atom. The molecular formula is C32H42N6O5S. The number of sulfonamides is 1. The topological polar surface area (TPSA) is 117 Å². The van der Waals surface area contributed by atoms with Gasteiger partial charge in [0.15, 0.2) is 0 Å². The molecule has 2 amide bonds. The molecule has 0 bridgehead atoms. The van der Waals surface area contributed by atoms with Gasteiger partial charge in [0, 0.05) is 68.3 Å². The summed E-state index contributed by atoms with van der Waals surface area (Å²) >= 11 is 0. The molecule has 44 heavy (non-hydrogen) atoms. The first-order valence-corrected chi connectivity index (χ1v) is 17.0. The van der Waals surface area contributed by atoms with Gasteiger partial charge in [0.25, 0.3) is 0 Å². The van der Waals surface area contributed by atoms with Crippen LogP contribution in [-0.4, -0.2) is 84.8 Å². The summed E-state index contributed by atoms with van der Waals surface area (Å²) in [6, 6.07) is 13.1. The van der Waals surface area contributed by atoms with Crippen molar-refractivity contribution in [2.24, 2.45) is 11.8 Å². The van der Waals surface area contributed by atoms with Gasteiger partial charge in [-0.25, -0.2) is 17.9 Å². The summed E-state index contributed by atoms with van der Waals surface area (Å²) < 4.78 is 37.5. The largest absolute Gasteiger partial charge is 0.445 e. The van der Waals surface area contributed by atoms with E-state index < -0.39 is 15.6 Å². The molecule has 1 atom stereocenters. The Morgan fingerprint density at radius 1 is 1.05 bits per heavy atom. The molecule has 1 N–H and O–H groups in total. The maximum atomic E-state index is 13.6. The smallest absolute Gasteiger partial charge is 0.410 e. The summed E-state index contributed by atoms with van der Waals surface area (Å²) in [5, 5.41) is 5.59. The number of hydrogen-bond acceptors (Lipinski definition) is 7. The fraction of sp³-hybridized carbons (Fsp3) is 0.531. The van der Waals surface area contributed by atoms with Crippen LogP contribution < -0.4 is 9.62 Å². The van der Waals surface area contributed by atoms with E-state index in [-0.39, 0.29) is 35.3 Å². The first kappa shape index (κ1) is 30.4. The molecule has 1 aliphatic carbocycles. The summed E-state index contributed by atoms with van der Waals surface area (Å²) in [6.07, 6.45) is 3.92. The number of nitrogens with zero attached hydrogens (tertiary/aromatic N) is 5. The van der Waals surface area contributed by atoms with E-state index in [1.54, 1.807) is 17.0 Å². The van der Waals surface area contributed by atoms with Crippen molar-refractivity contribution in [2.75, 3.05) is 44.2 Å². The van der Waals surface area contributed by atoms with Gasteiger partial charge in [-0.15, -0.1) is 0 Å². The minimum Gasteiger partial charge on any atom is -0.445 e. The van der Waals surface area contributed by atoms with Crippen LogP contribution >= 0.6 is 0 Å². The minimum absolute atomic E-state index is 0.0629. The molecule has 12 heteroatoms. The Bertz CT molecular complexity index is 1630. The number of rotatable bonds is 9. The van der Waals surface area contributed by atoms with Crippen LogP contribution in [0.4, 0.5) is 10.5 Å². The van der Waals surface area contributed by atoms with Crippen LogP contribution in [0.1, 0.15) is 45.6 Å². The van der Waals surface area contributed by atoms with Crippen molar-refractivity contribution in [3.05, 3.63) is 54.2 Å².